The van der Waals surface area contributed by atoms with Crippen LogP contribution in [0.15, 0.2) is 46.2 Å². The zero-order chi connectivity index (χ0) is 21.0. The van der Waals surface area contributed by atoms with Crippen molar-refractivity contribution in [2.24, 2.45) is 0 Å². The van der Waals surface area contributed by atoms with Gasteiger partial charge < -0.3 is 5.32 Å². The Morgan fingerprint density at radius 1 is 1.28 bits per heavy atom. The smallest absolute Gasteiger partial charge is 0.284 e. The lowest BCUT2D eigenvalue weighted by atomic mass is 10.1. The van der Waals surface area contributed by atoms with Crippen LogP contribution in [-0.4, -0.2) is 41.4 Å². The highest BCUT2D eigenvalue weighted by molar-refractivity contribution is 7.99. The summed E-state index contributed by atoms with van der Waals surface area (Å²) in [5.74, 6) is -0.307. The summed E-state index contributed by atoms with van der Waals surface area (Å²) >= 11 is 13.2. The minimum absolute atomic E-state index is 0.130. The van der Waals surface area contributed by atoms with Crippen molar-refractivity contribution in [1.82, 2.24) is 10.2 Å². The monoisotopic (exact) mass is 453 g/mol. The molecule has 2 aromatic rings. The van der Waals surface area contributed by atoms with Crippen LogP contribution in [0.3, 0.4) is 0 Å². The fraction of sp³-hybridized carbons (Fsp3) is 0.350. The van der Waals surface area contributed by atoms with E-state index in [0.29, 0.717) is 32.4 Å². The summed E-state index contributed by atoms with van der Waals surface area (Å²) in [6.07, 6.45) is 2.17. The van der Waals surface area contributed by atoms with Gasteiger partial charge in [0, 0.05) is 39.2 Å². The molecule has 29 heavy (non-hydrogen) atoms. The summed E-state index contributed by atoms with van der Waals surface area (Å²) in [6, 6.07) is 9.78. The number of nitrogens with one attached hydrogen (secondary N) is 1. The lowest BCUT2D eigenvalue weighted by molar-refractivity contribution is -0.387. The third-order valence-corrected chi connectivity index (χ3v) is 6.36. The summed E-state index contributed by atoms with van der Waals surface area (Å²) in [6.45, 7) is 4.64. The molecule has 154 valence electrons. The molecule has 2 aromatic carbocycles. The molecule has 1 amide bonds. The number of nitro benzene ring substituents is 1. The number of hydrogen-bond donors (Lipinski definition) is 1. The van der Waals surface area contributed by atoms with Crippen LogP contribution in [0, 0.1) is 10.1 Å². The molecule has 1 aliphatic heterocycles. The quantitative estimate of drug-likeness (QED) is 0.456. The molecule has 1 heterocycles. The number of hydrogen-bond acceptors (Lipinski definition) is 5. The largest absolute Gasteiger partial charge is 0.350 e. The Morgan fingerprint density at radius 3 is 2.66 bits per heavy atom. The minimum atomic E-state index is -0.485. The molecule has 1 aliphatic rings. The van der Waals surface area contributed by atoms with Crippen LogP contribution in [-0.2, 0) is 0 Å². The highest BCUT2D eigenvalue weighted by atomic mass is 35.5. The van der Waals surface area contributed by atoms with E-state index >= 15 is 0 Å². The van der Waals surface area contributed by atoms with Crippen LogP contribution < -0.4 is 5.32 Å². The molecule has 0 aliphatic carbocycles. The molecular weight excluding hydrogens is 433 g/mol. The second-order valence-corrected chi connectivity index (χ2v) is 8.77. The number of halogens is 2. The van der Waals surface area contributed by atoms with Crippen molar-refractivity contribution >= 4 is 46.6 Å². The predicted molar refractivity (Wildman–Crippen MR) is 116 cm³/mol. The van der Waals surface area contributed by atoms with Crippen LogP contribution in [0.5, 0.6) is 0 Å². The zero-order valence-corrected chi connectivity index (χ0v) is 18.2. The van der Waals surface area contributed by atoms with Crippen molar-refractivity contribution < 1.29 is 9.72 Å². The number of benzene rings is 2. The van der Waals surface area contributed by atoms with Gasteiger partial charge in [-0.2, -0.15) is 0 Å². The minimum Gasteiger partial charge on any atom is -0.350 e. The number of carbonyl (C=O) groups excluding carboxylic acids is 1. The Balaban J connectivity index is 1.75. The van der Waals surface area contributed by atoms with Crippen molar-refractivity contribution in [3.05, 3.63) is 62.1 Å². The molecule has 0 radical (unpaired) electrons. The second kappa shape index (κ2) is 9.80. The third-order valence-electron chi connectivity index (χ3n) is 4.89. The van der Waals surface area contributed by atoms with E-state index in [1.54, 1.807) is 30.3 Å². The lowest BCUT2D eigenvalue weighted by Crippen LogP contribution is -2.40. The SMILES string of the molecule is CCN1CCCC1CNC(=O)c1ccc(Sc2cc(Cl)cc(Cl)c2)c([N+](=O)[O-])c1. The van der Waals surface area contributed by atoms with Gasteiger partial charge in [0.2, 0.25) is 0 Å². The zero-order valence-electron chi connectivity index (χ0n) is 15.9. The highest BCUT2D eigenvalue weighted by Gasteiger charge is 2.24. The average molecular weight is 454 g/mol. The van der Waals surface area contributed by atoms with Gasteiger partial charge in [-0.05, 0) is 56.3 Å². The summed E-state index contributed by atoms with van der Waals surface area (Å²) in [5.41, 5.74) is 0.140. The lowest BCUT2D eigenvalue weighted by Gasteiger charge is -2.22. The van der Waals surface area contributed by atoms with Gasteiger partial charge in [0.1, 0.15) is 0 Å². The Labute approximate surface area is 183 Å². The van der Waals surface area contributed by atoms with E-state index in [4.69, 9.17) is 23.2 Å². The molecular formula is C20H21Cl2N3O3S. The number of nitro groups is 1. The summed E-state index contributed by atoms with van der Waals surface area (Å²) < 4.78 is 0. The second-order valence-electron chi connectivity index (χ2n) is 6.78. The first-order valence-electron chi connectivity index (χ1n) is 9.32. The number of nitrogens with zero attached hydrogens (tertiary/aromatic N) is 2. The van der Waals surface area contributed by atoms with Gasteiger partial charge >= 0.3 is 0 Å². The van der Waals surface area contributed by atoms with Gasteiger partial charge in [0.25, 0.3) is 11.6 Å². The normalized spacial score (nSPS) is 16.7. The number of amides is 1. The van der Waals surface area contributed by atoms with Gasteiger partial charge in [-0.15, -0.1) is 0 Å². The number of likely N-dealkylation sites (tertiary alicyclic amines) is 1. The number of carbonyl (C=O) groups is 1. The van der Waals surface area contributed by atoms with Crippen LogP contribution in [0.25, 0.3) is 0 Å². The molecule has 1 unspecified atom stereocenters. The van der Waals surface area contributed by atoms with Crippen LogP contribution in [0.1, 0.15) is 30.1 Å². The van der Waals surface area contributed by atoms with Gasteiger partial charge in [-0.25, -0.2) is 0 Å². The molecule has 6 nitrogen and oxygen atoms in total. The molecule has 0 spiro atoms. The standard InChI is InChI=1S/C20H21Cl2N3O3S/c1-2-24-7-3-4-16(24)12-23-20(26)13-5-6-19(18(8-13)25(27)28)29-17-10-14(21)9-15(22)11-17/h5-6,8-11,16H,2-4,7,12H2,1H3,(H,23,26). The molecule has 1 saturated heterocycles. The van der Waals surface area contributed by atoms with E-state index < -0.39 is 4.92 Å². The highest BCUT2D eigenvalue weighted by Crippen LogP contribution is 2.37. The Hall–Kier alpha value is -1.80. The van der Waals surface area contributed by atoms with E-state index in [0.717, 1.165) is 25.9 Å². The van der Waals surface area contributed by atoms with Crippen molar-refractivity contribution in [2.75, 3.05) is 19.6 Å². The fourth-order valence-electron chi connectivity index (χ4n) is 3.46. The molecule has 1 fully saturated rings. The van der Waals surface area contributed by atoms with Crippen molar-refractivity contribution in [3.8, 4) is 0 Å². The first kappa shape index (κ1) is 21.9. The molecule has 0 bridgehead atoms. The predicted octanol–water partition coefficient (Wildman–Crippen LogP) is 5.27. The maximum atomic E-state index is 12.5. The average Bonchev–Trinajstić information content (AvgIpc) is 3.13. The fourth-order valence-corrected chi connectivity index (χ4v) is 5.11. The van der Waals surface area contributed by atoms with Crippen molar-refractivity contribution in [1.29, 1.82) is 0 Å². The van der Waals surface area contributed by atoms with E-state index in [9.17, 15) is 14.9 Å². The van der Waals surface area contributed by atoms with E-state index in [2.05, 4.69) is 17.1 Å². The summed E-state index contributed by atoms with van der Waals surface area (Å²) in [7, 11) is 0. The first-order valence-corrected chi connectivity index (χ1v) is 10.9. The maximum Gasteiger partial charge on any atom is 0.284 e. The molecule has 9 heteroatoms. The summed E-state index contributed by atoms with van der Waals surface area (Å²) in [4.78, 5) is 27.1. The van der Waals surface area contributed by atoms with E-state index in [1.165, 1.54) is 17.8 Å². The molecule has 0 saturated carbocycles. The van der Waals surface area contributed by atoms with Gasteiger partial charge in [0.05, 0.1) is 9.82 Å². The van der Waals surface area contributed by atoms with Crippen LogP contribution in [0.2, 0.25) is 10.0 Å². The third kappa shape index (κ3) is 5.63. The van der Waals surface area contributed by atoms with Gasteiger partial charge in [-0.3, -0.25) is 19.8 Å². The van der Waals surface area contributed by atoms with Gasteiger partial charge in [-0.1, -0.05) is 41.9 Å². The molecule has 3 rings (SSSR count). The van der Waals surface area contributed by atoms with E-state index in [-0.39, 0.29) is 17.2 Å². The Morgan fingerprint density at radius 2 is 2.00 bits per heavy atom. The first-order chi connectivity index (χ1) is 13.9. The van der Waals surface area contributed by atoms with E-state index in [1.807, 2.05) is 0 Å². The van der Waals surface area contributed by atoms with Crippen molar-refractivity contribution in [2.45, 2.75) is 35.6 Å². The maximum absolute atomic E-state index is 12.5. The number of likely N-dealkylation sites (N-methyl/N-ethyl adjacent to an activating group) is 1. The Kier molecular flexibility index (Phi) is 7.40. The summed E-state index contributed by atoms with van der Waals surface area (Å²) in [5, 5.41) is 15.4. The number of rotatable bonds is 7. The molecule has 1 atom stereocenters. The molecule has 1 N–H and O–H groups in total. The van der Waals surface area contributed by atoms with Crippen LogP contribution in [0.4, 0.5) is 5.69 Å². The van der Waals surface area contributed by atoms with Gasteiger partial charge in [0.15, 0.2) is 0 Å². The van der Waals surface area contributed by atoms with Crippen molar-refractivity contribution in [3.63, 3.8) is 0 Å². The van der Waals surface area contributed by atoms with Crippen LogP contribution >= 0.6 is 35.0 Å². The topological polar surface area (TPSA) is 75.5 Å². The molecule has 0 aromatic heterocycles. The Bertz CT molecular complexity index is 906.